The van der Waals surface area contributed by atoms with Crippen LogP contribution in [0.25, 0.3) is 0 Å². The monoisotopic (exact) mass is 108 g/mol. The minimum Gasteiger partial charge on any atom is -0.103 e. The van der Waals surface area contributed by atoms with Gasteiger partial charge in [-0.3, -0.25) is 0 Å². The van der Waals surface area contributed by atoms with Gasteiger partial charge in [-0.25, -0.2) is 0 Å². The molecule has 1 aliphatic rings. The van der Waals surface area contributed by atoms with Crippen LogP contribution in [0, 0.1) is 17.3 Å². The van der Waals surface area contributed by atoms with E-state index in [0.717, 1.165) is 12.8 Å². The topological polar surface area (TPSA) is 0 Å². The maximum atomic E-state index is 3.11. The van der Waals surface area contributed by atoms with Crippen molar-refractivity contribution in [1.29, 1.82) is 0 Å². The van der Waals surface area contributed by atoms with E-state index in [4.69, 9.17) is 0 Å². The first kappa shape index (κ1) is 5.69. The Balaban J connectivity index is 2.48. The average Bonchev–Trinajstić information content (AvgIpc) is 2.17. The lowest BCUT2D eigenvalue weighted by Gasteiger charge is -2.18. The molecule has 44 valence electrons. The quantitative estimate of drug-likeness (QED) is 0.452. The van der Waals surface area contributed by atoms with Gasteiger partial charge < -0.3 is 0 Å². The van der Waals surface area contributed by atoms with Gasteiger partial charge in [-0.2, -0.15) is 0 Å². The Kier molecular flexibility index (Phi) is 1.29. The zero-order valence-corrected chi connectivity index (χ0v) is 5.62. The van der Waals surface area contributed by atoms with Gasteiger partial charge in [-0.1, -0.05) is 13.8 Å². The van der Waals surface area contributed by atoms with Crippen LogP contribution >= 0.6 is 0 Å². The van der Waals surface area contributed by atoms with Gasteiger partial charge in [0.15, 0.2) is 0 Å². The lowest BCUT2D eigenvalue weighted by molar-refractivity contribution is 0.342. The highest BCUT2D eigenvalue weighted by Gasteiger charge is 2.22. The number of rotatable bonds is 1. The molecule has 0 nitrogen and oxygen atoms in total. The van der Waals surface area contributed by atoms with E-state index >= 15 is 0 Å². The first-order valence-corrected chi connectivity index (χ1v) is 3.22. The molecule has 0 amide bonds. The van der Waals surface area contributed by atoms with Crippen molar-refractivity contribution in [2.24, 2.45) is 5.41 Å². The molecule has 0 bridgehead atoms. The van der Waals surface area contributed by atoms with E-state index in [9.17, 15) is 0 Å². The van der Waals surface area contributed by atoms with Crippen LogP contribution in [0.2, 0.25) is 0 Å². The fourth-order valence-electron chi connectivity index (χ4n) is 0.864. The molecular weight excluding hydrogens is 96.1 g/mol. The van der Waals surface area contributed by atoms with Gasteiger partial charge >= 0.3 is 0 Å². The predicted molar refractivity (Wildman–Crippen MR) is 35.4 cm³/mol. The maximum Gasteiger partial charge on any atom is 0.0152 e. The smallest absolute Gasteiger partial charge is 0.0152 e. The fraction of sp³-hybridized carbons (Fsp3) is 0.750. The highest BCUT2D eigenvalue weighted by molar-refractivity contribution is 5.12. The lowest BCUT2D eigenvalue weighted by Crippen LogP contribution is -2.09. The molecule has 0 aromatic carbocycles. The Morgan fingerprint density at radius 2 is 1.88 bits per heavy atom. The molecule has 8 heavy (non-hydrogen) atoms. The van der Waals surface area contributed by atoms with Gasteiger partial charge in [0.2, 0.25) is 0 Å². The van der Waals surface area contributed by atoms with Crippen molar-refractivity contribution >= 4 is 0 Å². The van der Waals surface area contributed by atoms with Gasteiger partial charge in [0.1, 0.15) is 0 Å². The summed E-state index contributed by atoms with van der Waals surface area (Å²) >= 11 is 0. The summed E-state index contributed by atoms with van der Waals surface area (Å²) in [4.78, 5) is 0. The Labute approximate surface area is 51.3 Å². The molecule has 0 N–H and O–H groups in total. The molecule has 1 rings (SSSR count). The Morgan fingerprint density at radius 1 is 1.38 bits per heavy atom. The second-order valence-corrected chi connectivity index (χ2v) is 2.87. The molecule has 0 spiro atoms. The van der Waals surface area contributed by atoms with Crippen LogP contribution in [-0.4, -0.2) is 0 Å². The third-order valence-corrected chi connectivity index (χ3v) is 2.01. The van der Waals surface area contributed by atoms with E-state index in [2.05, 4.69) is 25.7 Å². The highest BCUT2D eigenvalue weighted by Crippen LogP contribution is 2.31. The summed E-state index contributed by atoms with van der Waals surface area (Å²) in [7, 11) is 0. The van der Waals surface area contributed by atoms with Gasteiger partial charge in [0, 0.05) is 12.8 Å². The molecule has 0 atom stereocenters. The number of hydrogen-bond acceptors (Lipinski definition) is 0. The Morgan fingerprint density at radius 3 is 2.12 bits per heavy atom. The molecule has 0 heteroatoms. The SMILES string of the molecule is CCC1(C)CC#CC1. The maximum absolute atomic E-state index is 3.11. The van der Waals surface area contributed by atoms with E-state index in [1.54, 1.807) is 0 Å². The average molecular weight is 108 g/mol. The molecule has 0 aromatic rings. The highest BCUT2D eigenvalue weighted by atomic mass is 14.2. The molecule has 0 saturated heterocycles. The van der Waals surface area contributed by atoms with Crippen LogP contribution in [0.5, 0.6) is 0 Å². The molecular formula is C8H12. The second kappa shape index (κ2) is 1.82. The van der Waals surface area contributed by atoms with Crippen LogP contribution in [-0.2, 0) is 0 Å². The largest absolute Gasteiger partial charge is 0.103 e. The summed E-state index contributed by atoms with van der Waals surface area (Å²) in [6.07, 6.45) is 3.49. The second-order valence-electron chi connectivity index (χ2n) is 2.87. The lowest BCUT2D eigenvalue weighted by atomic mass is 9.85. The van der Waals surface area contributed by atoms with Crippen LogP contribution in [0.1, 0.15) is 33.1 Å². The van der Waals surface area contributed by atoms with E-state index < -0.39 is 0 Å². The van der Waals surface area contributed by atoms with Crippen molar-refractivity contribution in [2.75, 3.05) is 0 Å². The van der Waals surface area contributed by atoms with Crippen LogP contribution in [0.4, 0.5) is 0 Å². The zero-order valence-electron chi connectivity index (χ0n) is 5.62. The molecule has 0 aromatic heterocycles. The third-order valence-electron chi connectivity index (χ3n) is 2.01. The predicted octanol–water partition coefficient (Wildman–Crippen LogP) is 2.20. The van der Waals surface area contributed by atoms with Crippen LogP contribution < -0.4 is 0 Å². The van der Waals surface area contributed by atoms with Crippen molar-refractivity contribution in [2.45, 2.75) is 33.1 Å². The first-order valence-electron chi connectivity index (χ1n) is 3.22. The van der Waals surface area contributed by atoms with Crippen molar-refractivity contribution in [3.05, 3.63) is 0 Å². The van der Waals surface area contributed by atoms with Crippen molar-refractivity contribution < 1.29 is 0 Å². The van der Waals surface area contributed by atoms with Crippen LogP contribution in [0.3, 0.4) is 0 Å². The normalized spacial score (nSPS) is 22.2. The van der Waals surface area contributed by atoms with E-state index in [0.29, 0.717) is 5.41 Å². The summed E-state index contributed by atoms with van der Waals surface area (Å²) in [6, 6.07) is 0. The molecule has 0 fully saturated rings. The van der Waals surface area contributed by atoms with E-state index in [1.807, 2.05) is 0 Å². The number of hydrogen-bond donors (Lipinski definition) is 0. The van der Waals surface area contributed by atoms with Crippen molar-refractivity contribution in [3.63, 3.8) is 0 Å². The fourth-order valence-corrected chi connectivity index (χ4v) is 0.864. The summed E-state index contributed by atoms with van der Waals surface area (Å²) in [5.74, 6) is 6.23. The van der Waals surface area contributed by atoms with E-state index in [-0.39, 0.29) is 0 Å². The van der Waals surface area contributed by atoms with Gasteiger partial charge in [0.25, 0.3) is 0 Å². The minimum absolute atomic E-state index is 0.514. The minimum atomic E-state index is 0.514. The van der Waals surface area contributed by atoms with E-state index in [1.165, 1.54) is 6.42 Å². The third kappa shape index (κ3) is 0.865. The molecule has 0 aliphatic heterocycles. The van der Waals surface area contributed by atoms with Crippen molar-refractivity contribution in [1.82, 2.24) is 0 Å². The van der Waals surface area contributed by atoms with Gasteiger partial charge in [-0.15, -0.1) is 11.8 Å². The molecule has 0 heterocycles. The molecule has 0 saturated carbocycles. The summed E-state index contributed by atoms with van der Waals surface area (Å²) in [5, 5.41) is 0. The van der Waals surface area contributed by atoms with Gasteiger partial charge in [-0.05, 0) is 11.8 Å². The Bertz CT molecular complexity index is 124. The summed E-state index contributed by atoms with van der Waals surface area (Å²) < 4.78 is 0. The summed E-state index contributed by atoms with van der Waals surface area (Å²) in [5.41, 5.74) is 0.514. The first-order chi connectivity index (χ1) is 3.77. The molecule has 1 aliphatic carbocycles. The molecule has 0 radical (unpaired) electrons. The Hall–Kier alpha value is -0.440. The zero-order chi connectivity index (χ0) is 6.04. The molecule has 0 unspecified atom stereocenters. The summed E-state index contributed by atoms with van der Waals surface area (Å²) in [6.45, 7) is 4.52. The van der Waals surface area contributed by atoms with Crippen LogP contribution in [0.15, 0.2) is 0 Å². The standard InChI is InChI=1S/C8H12/c1-3-8(2)6-4-5-7-8/h3,6-7H2,1-2H3. The van der Waals surface area contributed by atoms with Gasteiger partial charge in [0.05, 0.1) is 0 Å². The van der Waals surface area contributed by atoms with Crippen molar-refractivity contribution in [3.8, 4) is 11.8 Å².